The molecule has 1 aliphatic rings. The minimum atomic E-state index is -0.0842. The zero-order valence-electron chi connectivity index (χ0n) is 15.6. The van der Waals surface area contributed by atoms with Crippen LogP contribution in [-0.4, -0.2) is 34.8 Å². The molecule has 28 heavy (non-hydrogen) atoms. The van der Waals surface area contributed by atoms with Crippen molar-refractivity contribution in [3.8, 4) is 11.3 Å². The van der Waals surface area contributed by atoms with Crippen LogP contribution in [0.5, 0.6) is 0 Å². The van der Waals surface area contributed by atoms with E-state index in [1.807, 2.05) is 39.9 Å². The Labute approximate surface area is 172 Å². The van der Waals surface area contributed by atoms with Gasteiger partial charge in [0.05, 0.1) is 10.6 Å². The molecular weight excluding hydrogens is 390 g/mol. The second-order valence-corrected chi connectivity index (χ2v) is 8.74. The Morgan fingerprint density at radius 3 is 2.54 bits per heavy atom. The number of carbonyl (C=O) groups excluding carboxylic acids is 2. The molecule has 0 radical (unpaired) electrons. The summed E-state index contributed by atoms with van der Waals surface area (Å²) in [5.74, 6) is -0.0244. The lowest BCUT2D eigenvalue weighted by Crippen LogP contribution is -2.41. The lowest BCUT2D eigenvalue weighted by molar-refractivity contribution is -0.121. The van der Waals surface area contributed by atoms with Gasteiger partial charge in [-0.3, -0.25) is 9.59 Å². The Morgan fingerprint density at radius 2 is 1.86 bits per heavy atom. The van der Waals surface area contributed by atoms with Crippen LogP contribution in [0.15, 0.2) is 47.2 Å². The molecule has 4 rings (SSSR count). The first-order valence-corrected chi connectivity index (χ1v) is 11.0. The first-order valence-electron chi connectivity index (χ1n) is 9.26. The molecule has 0 saturated carbocycles. The number of aromatic nitrogens is 1. The molecule has 3 heterocycles. The maximum Gasteiger partial charge on any atom is 0.263 e. The topological polar surface area (TPSA) is 62.3 Å². The second-order valence-electron chi connectivity index (χ2n) is 6.94. The molecule has 3 aromatic rings. The van der Waals surface area contributed by atoms with Crippen molar-refractivity contribution in [2.75, 3.05) is 18.4 Å². The van der Waals surface area contributed by atoms with E-state index in [2.05, 4.69) is 29.4 Å². The number of carbonyl (C=O) groups is 2. The smallest absolute Gasteiger partial charge is 0.263 e. The van der Waals surface area contributed by atoms with Crippen LogP contribution in [0.4, 0.5) is 5.13 Å². The van der Waals surface area contributed by atoms with Crippen molar-refractivity contribution in [3.63, 3.8) is 0 Å². The summed E-state index contributed by atoms with van der Waals surface area (Å²) in [4.78, 5) is 32.2. The van der Waals surface area contributed by atoms with Crippen LogP contribution >= 0.6 is 22.7 Å². The van der Waals surface area contributed by atoms with E-state index in [-0.39, 0.29) is 17.7 Å². The first kappa shape index (κ1) is 18.8. The zero-order valence-corrected chi connectivity index (χ0v) is 17.2. The predicted octanol–water partition coefficient (Wildman–Crippen LogP) is 4.67. The number of likely N-dealkylation sites (tertiary alicyclic amines) is 1. The summed E-state index contributed by atoms with van der Waals surface area (Å²) in [6, 6.07) is 11.9. The highest BCUT2D eigenvalue weighted by molar-refractivity contribution is 7.14. The van der Waals surface area contributed by atoms with Gasteiger partial charge in [-0.15, -0.1) is 22.7 Å². The van der Waals surface area contributed by atoms with Gasteiger partial charge < -0.3 is 10.2 Å². The highest BCUT2D eigenvalue weighted by Crippen LogP contribution is 2.27. The normalized spacial score (nSPS) is 14.8. The fraction of sp³-hybridized carbons (Fsp3) is 0.286. The lowest BCUT2D eigenvalue weighted by Gasteiger charge is -2.30. The largest absolute Gasteiger partial charge is 0.338 e. The number of thiazole rings is 1. The Morgan fingerprint density at radius 1 is 1.11 bits per heavy atom. The number of aryl methyl sites for hydroxylation is 1. The van der Waals surface area contributed by atoms with Crippen LogP contribution in [0.2, 0.25) is 0 Å². The molecule has 5 nitrogen and oxygen atoms in total. The molecule has 2 aromatic heterocycles. The van der Waals surface area contributed by atoms with Gasteiger partial charge in [0, 0.05) is 30.0 Å². The van der Waals surface area contributed by atoms with Crippen molar-refractivity contribution in [2.24, 2.45) is 5.92 Å². The summed E-state index contributed by atoms with van der Waals surface area (Å²) in [5, 5.41) is 7.44. The van der Waals surface area contributed by atoms with Crippen molar-refractivity contribution in [2.45, 2.75) is 19.8 Å². The van der Waals surface area contributed by atoms with E-state index < -0.39 is 0 Å². The molecule has 7 heteroatoms. The van der Waals surface area contributed by atoms with E-state index in [1.54, 1.807) is 0 Å². The molecule has 1 saturated heterocycles. The van der Waals surface area contributed by atoms with Crippen LogP contribution in [0, 0.1) is 12.8 Å². The van der Waals surface area contributed by atoms with Crippen LogP contribution in [0.3, 0.4) is 0 Å². The SMILES string of the molecule is Cc1ccc(-c2csc(NC(=O)C3CCN(C(=O)c4cccs4)CC3)n2)cc1. The summed E-state index contributed by atoms with van der Waals surface area (Å²) < 4.78 is 0. The van der Waals surface area contributed by atoms with E-state index in [1.165, 1.54) is 28.2 Å². The molecule has 0 unspecified atom stereocenters. The van der Waals surface area contributed by atoms with E-state index in [9.17, 15) is 9.59 Å². The summed E-state index contributed by atoms with van der Waals surface area (Å²) in [6.07, 6.45) is 1.36. The number of nitrogens with one attached hydrogen (secondary N) is 1. The van der Waals surface area contributed by atoms with Crippen molar-refractivity contribution >= 4 is 39.6 Å². The number of nitrogens with zero attached hydrogens (tertiary/aromatic N) is 2. The summed E-state index contributed by atoms with van der Waals surface area (Å²) in [6.45, 7) is 3.28. The molecule has 1 fully saturated rings. The van der Waals surface area contributed by atoms with Gasteiger partial charge in [0.25, 0.3) is 5.91 Å². The van der Waals surface area contributed by atoms with E-state index in [4.69, 9.17) is 0 Å². The van der Waals surface area contributed by atoms with Crippen molar-refractivity contribution in [1.82, 2.24) is 9.88 Å². The zero-order chi connectivity index (χ0) is 19.5. The standard InChI is InChI=1S/C21H21N3O2S2/c1-14-4-6-15(7-5-14)17-13-28-21(22-17)23-19(25)16-8-10-24(11-9-16)20(26)18-3-2-12-27-18/h2-7,12-13,16H,8-11H2,1H3,(H,22,23,25). The second kappa shape index (κ2) is 8.24. The molecule has 0 aliphatic carbocycles. The average molecular weight is 412 g/mol. The number of hydrogen-bond acceptors (Lipinski definition) is 5. The summed E-state index contributed by atoms with van der Waals surface area (Å²) in [7, 11) is 0. The van der Waals surface area contributed by atoms with Gasteiger partial charge in [-0.25, -0.2) is 4.98 Å². The lowest BCUT2D eigenvalue weighted by atomic mass is 9.96. The van der Waals surface area contributed by atoms with Gasteiger partial charge in [0.15, 0.2) is 5.13 Å². The average Bonchev–Trinajstić information content (AvgIpc) is 3.40. The number of amides is 2. The summed E-state index contributed by atoms with van der Waals surface area (Å²) >= 11 is 2.90. The van der Waals surface area contributed by atoms with Crippen LogP contribution in [-0.2, 0) is 4.79 Å². The van der Waals surface area contributed by atoms with E-state index in [0.29, 0.717) is 31.1 Å². The molecule has 2 amide bonds. The minimum absolute atomic E-state index is 0.00645. The van der Waals surface area contributed by atoms with Gasteiger partial charge in [-0.05, 0) is 31.2 Å². The number of piperidine rings is 1. The molecule has 1 aromatic carbocycles. The minimum Gasteiger partial charge on any atom is -0.338 e. The molecule has 1 N–H and O–H groups in total. The number of hydrogen-bond donors (Lipinski definition) is 1. The molecule has 144 valence electrons. The molecule has 0 spiro atoms. The quantitative estimate of drug-likeness (QED) is 0.679. The fourth-order valence-corrected chi connectivity index (χ4v) is 4.71. The van der Waals surface area contributed by atoms with Crippen molar-refractivity contribution in [3.05, 3.63) is 57.6 Å². The Balaban J connectivity index is 1.32. The van der Waals surface area contributed by atoms with Gasteiger partial charge in [0.1, 0.15) is 0 Å². The third kappa shape index (κ3) is 4.15. The maximum absolute atomic E-state index is 12.6. The maximum atomic E-state index is 12.6. The Bertz CT molecular complexity index is 956. The highest BCUT2D eigenvalue weighted by Gasteiger charge is 2.28. The molecule has 0 bridgehead atoms. The third-order valence-corrected chi connectivity index (χ3v) is 6.58. The van der Waals surface area contributed by atoms with Crippen molar-refractivity contribution in [1.29, 1.82) is 0 Å². The van der Waals surface area contributed by atoms with Crippen LogP contribution in [0.25, 0.3) is 11.3 Å². The first-order chi connectivity index (χ1) is 13.6. The number of anilines is 1. The van der Waals surface area contributed by atoms with Crippen LogP contribution < -0.4 is 5.32 Å². The van der Waals surface area contributed by atoms with E-state index in [0.717, 1.165) is 16.1 Å². The van der Waals surface area contributed by atoms with E-state index >= 15 is 0 Å². The van der Waals surface area contributed by atoms with Gasteiger partial charge >= 0.3 is 0 Å². The molecular formula is C21H21N3O2S2. The monoisotopic (exact) mass is 411 g/mol. The Kier molecular flexibility index (Phi) is 5.54. The van der Waals surface area contributed by atoms with Gasteiger partial charge in [-0.2, -0.15) is 0 Å². The number of benzene rings is 1. The Hall–Kier alpha value is -2.51. The molecule has 0 atom stereocenters. The number of thiophene rings is 1. The van der Waals surface area contributed by atoms with Gasteiger partial charge in [0.2, 0.25) is 5.91 Å². The van der Waals surface area contributed by atoms with Crippen LogP contribution in [0.1, 0.15) is 28.1 Å². The molecule has 1 aliphatic heterocycles. The summed E-state index contributed by atoms with van der Waals surface area (Å²) in [5.41, 5.74) is 3.12. The third-order valence-electron chi connectivity index (χ3n) is 4.97. The van der Waals surface area contributed by atoms with Crippen molar-refractivity contribution < 1.29 is 9.59 Å². The number of rotatable bonds is 4. The fourth-order valence-electron chi connectivity index (χ4n) is 3.30. The predicted molar refractivity (Wildman–Crippen MR) is 114 cm³/mol. The van der Waals surface area contributed by atoms with Gasteiger partial charge in [-0.1, -0.05) is 35.9 Å². The highest BCUT2D eigenvalue weighted by atomic mass is 32.1.